The van der Waals surface area contributed by atoms with E-state index < -0.39 is 17.5 Å². The van der Waals surface area contributed by atoms with E-state index in [0.717, 1.165) is 5.56 Å². The van der Waals surface area contributed by atoms with Crippen LogP contribution in [-0.4, -0.2) is 46.4 Å². The van der Waals surface area contributed by atoms with Gasteiger partial charge >= 0.3 is 6.03 Å². The Balaban J connectivity index is 1.55. The van der Waals surface area contributed by atoms with E-state index in [-0.39, 0.29) is 35.8 Å². The predicted molar refractivity (Wildman–Crippen MR) is 103 cm³/mol. The Morgan fingerprint density at radius 1 is 1.30 bits per heavy atom. The van der Waals surface area contributed by atoms with Gasteiger partial charge in [0.2, 0.25) is 11.0 Å². The number of rotatable bonds is 4. The summed E-state index contributed by atoms with van der Waals surface area (Å²) in [5, 5.41) is 5.32. The summed E-state index contributed by atoms with van der Waals surface area (Å²) in [6.07, 6.45) is 1.45. The van der Waals surface area contributed by atoms with Gasteiger partial charge in [-0.25, -0.2) is 9.78 Å². The van der Waals surface area contributed by atoms with E-state index in [4.69, 9.17) is 20.8 Å². The molecule has 0 aliphatic carbocycles. The topological polar surface area (TPSA) is 127 Å². The van der Waals surface area contributed by atoms with Crippen molar-refractivity contribution in [2.75, 3.05) is 13.7 Å². The molecule has 2 aromatic heterocycles. The first-order chi connectivity index (χ1) is 14.4. The number of aromatic nitrogens is 2. The highest BCUT2D eigenvalue weighted by Crippen LogP contribution is 2.34. The van der Waals surface area contributed by atoms with Gasteiger partial charge in [0.25, 0.3) is 11.8 Å². The molecule has 3 aromatic rings. The second-order valence-electron chi connectivity index (χ2n) is 7.01. The van der Waals surface area contributed by atoms with Gasteiger partial charge in [0, 0.05) is 18.3 Å². The number of halogens is 1. The van der Waals surface area contributed by atoms with Crippen LogP contribution < -0.4 is 15.4 Å². The molecule has 4 heterocycles. The highest BCUT2D eigenvalue weighted by molar-refractivity contribution is 6.28. The lowest BCUT2D eigenvalue weighted by Gasteiger charge is -2.28. The Hall–Kier alpha value is -3.66. The molecule has 30 heavy (non-hydrogen) atoms. The fourth-order valence-electron chi connectivity index (χ4n) is 3.76. The smallest absolute Gasteiger partial charge is 0.322 e. The molecule has 2 N–H and O–H groups in total. The minimum Gasteiger partial charge on any atom is -0.497 e. The zero-order chi connectivity index (χ0) is 21.0. The number of carbonyl (C=O) groups excluding carboxylic acids is 3. The van der Waals surface area contributed by atoms with Crippen molar-refractivity contribution in [1.82, 2.24) is 25.5 Å². The number of furan rings is 1. The molecule has 0 spiro atoms. The molecule has 0 saturated carbocycles. The summed E-state index contributed by atoms with van der Waals surface area (Å²) in [6.45, 7) is 0.135. The van der Waals surface area contributed by atoms with E-state index in [9.17, 15) is 14.4 Å². The largest absolute Gasteiger partial charge is 0.497 e. The van der Waals surface area contributed by atoms with E-state index in [1.165, 1.54) is 18.2 Å². The lowest BCUT2D eigenvalue weighted by atomic mass is 9.95. The monoisotopic (exact) mass is 427 g/mol. The van der Waals surface area contributed by atoms with Gasteiger partial charge in [-0.3, -0.25) is 14.9 Å². The van der Waals surface area contributed by atoms with Gasteiger partial charge in [0.05, 0.1) is 19.0 Å². The Bertz CT molecular complexity index is 1240. The lowest BCUT2D eigenvalue weighted by molar-refractivity contribution is -0.125. The van der Waals surface area contributed by atoms with Gasteiger partial charge in [-0.1, -0.05) is 6.07 Å². The number of amides is 4. The molecular formula is C19H14ClN5O5. The first-order valence-electron chi connectivity index (χ1n) is 8.92. The molecule has 1 saturated heterocycles. The van der Waals surface area contributed by atoms with Crippen LogP contribution in [0.15, 0.2) is 34.9 Å². The van der Waals surface area contributed by atoms with Crippen LogP contribution >= 0.6 is 11.6 Å². The number of fused-ring (bicyclic) bond motifs is 2. The highest BCUT2D eigenvalue weighted by Gasteiger charge is 2.53. The number of hydrogen-bond acceptors (Lipinski definition) is 7. The van der Waals surface area contributed by atoms with Crippen LogP contribution in [0.2, 0.25) is 5.28 Å². The molecule has 1 atom stereocenters. The third-order valence-electron chi connectivity index (χ3n) is 5.23. The third kappa shape index (κ3) is 2.68. The fraction of sp³-hybridized carbons (Fsp3) is 0.211. The van der Waals surface area contributed by atoms with Crippen LogP contribution in [0.4, 0.5) is 4.79 Å². The van der Waals surface area contributed by atoms with Crippen molar-refractivity contribution < 1.29 is 23.5 Å². The lowest BCUT2D eigenvalue weighted by Crippen LogP contribution is -2.52. The van der Waals surface area contributed by atoms with Crippen molar-refractivity contribution >= 4 is 40.5 Å². The minimum absolute atomic E-state index is 0.0172. The standard InChI is InChI=1S/C19H14ClN5O5/c1-29-11-3-2-9-7-25(15(26)12(9)5-11)8-19(16(27)23-18(28)24-19)13-4-10-6-21-17(20)22-14(10)30-13/h2-6H,7-8H2,1H3,(H2,23,24,27,28). The van der Waals surface area contributed by atoms with Crippen LogP contribution in [0.5, 0.6) is 5.75 Å². The normalized spacial score (nSPS) is 20.5. The van der Waals surface area contributed by atoms with Gasteiger partial charge < -0.3 is 19.4 Å². The number of ether oxygens (including phenoxy) is 1. The number of benzene rings is 1. The first-order valence-corrected chi connectivity index (χ1v) is 9.30. The molecule has 2 aliphatic rings. The fourth-order valence-corrected chi connectivity index (χ4v) is 3.88. The number of nitrogens with one attached hydrogen (secondary N) is 2. The molecule has 1 fully saturated rings. The van der Waals surface area contributed by atoms with Crippen molar-refractivity contribution in [2.45, 2.75) is 12.1 Å². The van der Waals surface area contributed by atoms with Gasteiger partial charge in [0.15, 0.2) is 5.54 Å². The Kier molecular flexibility index (Phi) is 3.93. The SMILES string of the molecule is COc1ccc2c(c1)C(=O)N(CC1(c3cc4cnc(Cl)nc4o3)NC(=O)NC1=O)C2. The number of hydrogen-bond donors (Lipinski definition) is 2. The minimum atomic E-state index is -1.62. The van der Waals surface area contributed by atoms with E-state index in [1.54, 1.807) is 24.3 Å². The van der Waals surface area contributed by atoms with Gasteiger partial charge in [-0.05, 0) is 35.4 Å². The Labute approximate surface area is 174 Å². The molecule has 10 nitrogen and oxygen atoms in total. The molecule has 2 aliphatic heterocycles. The summed E-state index contributed by atoms with van der Waals surface area (Å²) >= 11 is 5.81. The Morgan fingerprint density at radius 2 is 2.13 bits per heavy atom. The maximum absolute atomic E-state index is 13.0. The van der Waals surface area contributed by atoms with Crippen LogP contribution in [0, 0.1) is 0 Å². The second-order valence-corrected chi connectivity index (χ2v) is 7.35. The summed E-state index contributed by atoms with van der Waals surface area (Å²) in [6, 6.07) is 6.07. The second kappa shape index (κ2) is 6.42. The summed E-state index contributed by atoms with van der Waals surface area (Å²) in [7, 11) is 1.52. The summed E-state index contributed by atoms with van der Waals surface area (Å²) < 4.78 is 10.9. The van der Waals surface area contributed by atoms with Crippen molar-refractivity contribution in [3.63, 3.8) is 0 Å². The zero-order valence-corrected chi connectivity index (χ0v) is 16.3. The third-order valence-corrected chi connectivity index (χ3v) is 5.41. The molecule has 1 aromatic carbocycles. The molecule has 4 amide bonds. The quantitative estimate of drug-likeness (QED) is 0.478. The average molecular weight is 428 g/mol. The molecular weight excluding hydrogens is 414 g/mol. The average Bonchev–Trinajstić information content (AvgIpc) is 3.36. The molecule has 152 valence electrons. The van der Waals surface area contributed by atoms with Crippen LogP contribution in [0.1, 0.15) is 21.7 Å². The van der Waals surface area contributed by atoms with E-state index in [0.29, 0.717) is 16.7 Å². The maximum atomic E-state index is 13.0. The Morgan fingerprint density at radius 3 is 2.87 bits per heavy atom. The van der Waals surface area contributed by atoms with Crippen LogP contribution in [-0.2, 0) is 16.9 Å². The maximum Gasteiger partial charge on any atom is 0.322 e. The highest BCUT2D eigenvalue weighted by atomic mass is 35.5. The van der Waals surface area contributed by atoms with Gasteiger partial charge in [0.1, 0.15) is 11.5 Å². The molecule has 0 bridgehead atoms. The summed E-state index contributed by atoms with van der Waals surface area (Å²) in [4.78, 5) is 47.2. The van der Waals surface area contributed by atoms with Gasteiger partial charge in [-0.2, -0.15) is 4.98 Å². The number of nitrogens with zero attached hydrogens (tertiary/aromatic N) is 3. The summed E-state index contributed by atoms with van der Waals surface area (Å²) in [5.41, 5.74) is -0.176. The zero-order valence-electron chi connectivity index (χ0n) is 15.6. The molecule has 5 rings (SSSR count). The predicted octanol–water partition coefficient (Wildman–Crippen LogP) is 1.58. The number of carbonyl (C=O) groups is 3. The van der Waals surface area contributed by atoms with Gasteiger partial charge in [-0.15, -0.1) is 0 Å². The number of imide groups is 1. The van der Waals surface area contributed by atoms with Crippen molar-refractivity contribution in [3.05, 3.63) is 52.6 Å². The first kappa shape index (κ1) is 18.4. The van der Waals surface area contributed by atoms with Crippen molar-refractivity contribution in [3.8, 4) is 5.75 Å². The molecule has 1 unspecified atom stereocenters. The number of methoxy groups -OCH3 is 1. The number of urea groups is 1. The van der Waals surface area contributed by atoms with Crippen LogP contribution in [0.25, 0.3) is 11.1 Å². The van der Waals surface area contributed by atoms with E-state index in [2.05, 4.69) is 20.6 Å². The molecule has 11 heteroatoms. The van der Waals surface area contributed by atoms with Crippen molar-refractivity contribution in [1.29, 1.82) is 0 Å². The van der Waals surface area contributed by atoms with E-state index in [1.807, 2.05) is 0 Å². The van der Waals surface area contributed by atoms with Crippen LogP contribution in [0.3, 0.4) is 0 Å². The van der Waals surface area contributed by atoms with E-state index >= 15 is 0 Å². The van der Waals surface area contributed by atoms with Crippen molar-refractivity contribution in [2.24, 2.45) is 0 Å². The summed E-state index contributed by atoms with van der Waals surface area (Å²) in [5.74, 6) is -0.236. The molecule has 0 radical (unpaired) electrons.